The van der Waals surface area contributed by atoms with Crippen LogP contribution in [0, 0.1) is 0 Å². The third kappa shape index (κ3) is 3.44. The molecule has 1 amide bonds. The highest BCUT2D eigenvalue weighted by Crippen LogP contribution is 2.22. The Morgan fingerprint density at radius 2 is 2.18 bits per heavy atom. The molecule has 2 rings (SSSR count). The predicted molar refractivity (Wildman–Crippen MR) is 69.9 cm³/mol. The van der Waals surface area contributed by atoms with Crippen molar-refractivity contribution >= 4 is 5.91 Å². The maximum atomic E-state index is 12.3. The second kappa shape index (κ2) is 6.39. The number of likely N-dealkylation sites (tertiary alicyclic amines) is 1. The maximum absolute atomic E-state index is 12.3. The first-order chi connectivity index (χ1) is 8.31. The Bertz CT molecular complexity index is 247. The number of nitrogens with zero attached hydrogens (tertiary/aromatic N) is 1. The van der Waals surface area contributed by atoms with Gasteiger partial charge in [-0.3, -0.25) is 4.79 Å². The summed E-state index contributed by atoms with van der Waals surface area (Å²) in [6.07, 6.45) is 9.23. The van der Waals surface area contributed by atoms with Crippen LogP contribution in [0.15, 0.2) is 0 Å². The number of hydrogen-bond donors (Lipinski definition) is 1. The van der Waals surface area contributed by atoms with Crippen LogP contribution in [0.5, 0.6) is 0 Å². The van der Waals surface area contributed by atoms with E-state index >= 15 is 0 Å². The Balaban J connectivity index is 1.86. The number of rotatable bonds is 4. The average molecular weight is 238 g/mol. The van der Waals surface area contributed by atoms with E-state index in [-0.39, 0.29) is 0 Å². The molecule has 2 aliphatic heterocycles. The van der Waals surface area contributed by atoms with Gasteiger partial charge < -0.3 is 10.2 Å². The molecular weight excluding hydrogens is 212 g/mol. The molecule has 0 spiro atoms. The minimum atomic E-state index is 0.391. The summed E-state index contributed by atoms with van der Waals surface area (Å²) in [5, 5.41) is 3.43. The highest BCUT2D eigenvalue weighted by molar-refractivity contribution is 5.77. The second-order valence-corrected chi connectivity index (χ2v) is 5.52. The Kier molecular flexibility index (Phi) is 4.84. The van der Waals surface area contributed by atoms with Gasteiger partial charge in [0.25, 0.3) is 0 Å². The molecule has 3 nitrogen and oxygen atoms in total. The van der Waals surface area contributed by atoms with Gasteiger partial charge in [-0.1, -0.05) is 13.3 Å². The summed E-state index contributed by atoms with van der Waals surface area (Å²) in [5.74, 6) is 0.391. The van der Waals surface area contributed by atoms with Gasteiger partial charge >= 0.3 is 0 Å². The molecule has 2 unspecified atom stereocenters. The summed E-state index contributed by atoms with van der Waals surface area (Å²) in [6, 6.07) is 0.981. The van der Waals surface area contributed by atoms with Crippen molar-refractivity contribution in [2.75, 3.05) is 13.1 Å². The first-order valence-electron chi connectivity index (χ1n) is 7.34. The van der Waals surface area contributed by atoms with E-state index < -0.39 is 0 Å². The molecule has 0 aromatic rings. The largest absolute Gasteiger partial charge is 0.340 e. The first-order valence-corrected chi connectivity index (χ1v) is 7.34. The van der Waals surface area contributed by atoms with E-state index in [0.717, 1.165) is 19.5 Å². The van der Waals surface area contributed by atoms with Gasteiger partial charge in [0.1, 0.15) is 0 Å². The fourth-order valence-corrected chi connectivity index (χ4v) is 3.22. The minimum Gasteiger partial charge on any atom is -0.340 e. The van der Waals surface area contributed by atoms with Crippen LogP contribution in [0.3, 0.4) is 0 Å². The minimum absolute atomic E-state index is 0.391. The zero-order chi connectivity index (χ0) is 12.1. The van der Waals surface area contributed by atoms with Gasteiger partial charge in [-0.25, -0.2) is 0 Å². The van der Waals surface area contributed by atoms with E-state index in [2.05, 4.69) is 17.1 Å². The molecule has 0 aromatic heterocycles. The molecule has 98 valence electrons. The zero-order valence-corrected chi connectivity index (χ0v) is 11.1. The van der Waals surface area contributed by atoms with Crippen molar-refractivity contribution < 1.29 is 4.79 Å². The summed E-state index contributed by atoms with van der Waals surface area (Å²) >= 11 is 0. The standard InChI is InChI=1S/C14H26N2O/c1-2-6-13-8-3-4-10-16(13)14(17)11-12-7-5-9-15-12/h12-13,15H,2-11H2,1H3. The molecule has 2 heterocycles. The highest BCUT2D eigenvalue weighted by atomic mass is 16.2. The molecule has 2 saturated heterocycles. The Hall–Kier alpha value is -0.570. The second-order valence-electron chi connectivity index (χ2n) is 5.52. The number of nitrogens with one attached hydrogen (secondary N) is 1. The predicted octanol–water partition coefficient (Wildman–Crippen LogP) is 2.31. The van der Waals surface area contributed by atoms with Crippen LogP contribution in [0.25, 0.3) is 0 Å². The molecule has 3 heteroatoms. The van der Waals surface area contributed by atoms with Gasteiger partial charge in [-0.2, -0.15) is 0 Å². The van der Waals surface area contributed by atoms with E-state index in [4.69, 9.17) is 0 Å². The molecule has 2 atom stereocenters. The Labute approximate surface area is 105 Å². The topological polar surface area (TPSA) is 32.3 Å². The van der Waals surface area contributed by atoms with Crippen molar-refractivity contribution in [2.45, 2.75) is 70.4 Å². The number of carbonyl (C=O) groups is 1. The molecule has 2 aliphatic rings. The van der Waals surface area contributed by atoms with Crippen LogP contribution in [0.4, 0.5) is 0 Å². The lowest BCUT2D eigenvalue weighted by molar-refractivity contribution is -0.135. The summed E-state index contributed by atoms with van der Waals surface area (Å²) in [6.45, 7) is 4.31. The van der Waals surface area contributed by atoms with Gasteiger partial charge in [-0.05, 0) is 45.1 Å². The van der Waals surface area contributed by atoms with Crippen molar-refractivity contribution in [2.24, 2.45) is 0 Å². The van der Waals surface area contributed by atoms with Gasteiger partial charge in [0.2, 0.25) is 5.91 Å². The van der Waals surface area contributed by atoms with Crippen molar-refractivity contribution in [3.63, 3.8) is 0 Å². The SMILES string of the molecule is CCCC1CCCCN1C(=O)CC1CCCN1. The van der Waals surface area contributed by atoms with Gasteiger partial charge in [0.05, 0.1) is 0 Å². The van der Waals surface area contributed by atoms with Crippen LogP contribution in [0.1, 0.15) is 58.3 Å². The number of hydrogen-bond acceptors (Lipinski definition) is 2. The molecule has 0 bridgehead atoms. The van der Waals surface area contributed by atoms with Crippen LogP contribution in [0.2, 0.25) is 0 Å². The molecule has 17 heavy (non-hydrogen) atoms. The Morgan fingerprint density at radius 3 is 2.88 bits per heavy atom. The monoisotopic (exact) mass is 238 g/mol. The van der Waals surface area contributed by atoms with E-state index in [1.54, 1.807) is 0 Å². The lowest BCUT2D eigenvalue weighted by Gasteiger charge is -2.36. The van der Waals surface area contributed by atoms with Gasteiger partial charge in [0, 0.05) is 25.0 Å². The molecule has 0 aliphatic carbocycles. The van der Waals surface area contributed by atoms with Crippen LogP contribution in [-0.4, -0.2) is 36.0 Å². The van der Waals surface area contributed by atoms with Crippen molar-refractivity contribution in [3.05, 3.63) is 0 Å². The quantitative estimate of drug-likeness (QED) is 0.815. The molecule has 0 radical (unpaired) electrons. The maximum Gasteiger partial charge on any atom is 0.224 e. The third-order valence-electron chi connectivity index (χ3n) is 4.15. The first kappa shape index (κ1) is 12.9. The van der Waals surface area contributed by atoms with Crippen LogP contribution < -0.4 is 5.32 Å². The Morgan fingerprint density at radius 1 is 1.29 bits per heavy atom. The van der Waals surface area contributed by atoms with Crippen molar-refractivity contribution in [1.82, 2.24) is 10.2 Å². The number of amides is 1. The van der Waals surface area contributed by atoms with E-state index in [0.29, 0.717) is 18.0 Å². The molecule has 0 aromatic carbocycles. The van der Waals surface area contributed by atoms with E-state index in [9.17, 15) is 4.79 Å². The summed E-state index contributed by atoms with van der Waals surface area (Å²) in [4.78, 5) is 14.5. The van der Waals surface area contributed by atoms with Crippen molar-refractivity contribution in [1.29, 1.82) is 0 Å². The normalized spacial score (nSPS) is 29.6. The number of carbonyl (C=O) groups excluding carboxylic acids is 1. The lowest BCUT2D eigenvalue weighted by Crippen LogP contribution is -2.45. The summed E-state index contributed by atoms with van der Waals surface area (Å²) in [7, 11) is 0. The molecule has 0 saturated carbocycles. The molecular formula is C14H26N2O. The highest BCUT2D eigenvalue weighted by Gasteiger charge is 2.28. The van der Waals surface area contributed by atoms with E-state index in [1.807, 2.05) is 0 Å². The van der Waals surface area contributed by atoms with Gasteiger partial charge in [-0.15, -0.1) is 0 Å². The summed E-state index contributed by atoms with van der Waals surface area (Å²) in [5.41, 5.74) is 0. The third-order valence-corrected chi connectivity index (χ3v) is 4.15. The van der Waals surface area contributed by atoms with Crippen LogP contribution >= 0.6 is 0 Å². The van der Waals surface area contributed by atoms with E-state index in [1.165, 1.54) is 44.9 Å². The van der Waals surface area contributed by atoms with Crippen molar-refractivity contribution in [3.8, 4) is 0 Å². The number of piperidine rings is 1. The average Bonchev–Trinajstić information content (AvgIpc) is 2.83. The van der Waals surface area contributed by atoms with Gasteiger partial charge in [0.15, 0.2) is 0 Å². The zero-order valence-electron chi connectivity index (χ0n) is 11.1. The fraction of sp³-hybridized carbons (Fsp3) is 0.929. The van der Waals surface area contributed by atoms with Crippen LogP contribution in [-0.2, 0) is 4.79 Å². The molecule has 1 N–H and O–H groups in total. The molecule has 2 fully saturated rings. The summed E-state index contributed by atoms with van der Waals surface area (Å²) < 4.78 is 0. The lowest BCUT2D eigenvalue weighted by atomic mass is 9.97. The fourth-order valence-electron chi connectivity index (χ4n) is 3.22. The smallest absolute Gasteiger partial charge is 0.224 e.